The van der Waals surface area contributed by atoms with Crippen molar-refractivity contribution >= 4 is 11.8 Å². The zero-order valence-corrected chi connectivity index (χ0v) is 17.1. The van der Waals surface area contributed by atoms with E-state index in [1.807, 2.05) is 58.6 Å². The Balaban J connectivity index is 1.86. The van der Waals surface area contributed by atoms with Crippen LogP contribution in [0.2, 0.25) is 0 Å². The summed E-state index contributed by atoms with van der Waals surface area (Å²) in [4.78, 5) is 22.2. The minimum Gasteiger partial charge on any atom is -0.507 e. The van der Waals surface area contributed by atoms with Gasteiger partial charge in [-0.2, -0.15) is 4.57 Å². The molecule has 5 rings (SSSR count). The summed E-state index contributed by atoms with van der Waals surface area (Å²) in [6, 6.07) is 16.6. The second-order valence-electron chi connectivity index (χ2n) is 7.12. The summed E-state index contributed by atoms with van der Waals surface area (Å²) >= 11 is 1.62. The van der Waals surface area contributed by atoms with Crippen molar-refractivity contribution < 1.29 is 9.67 Å². The maximum Gasteiger partial charge on any atom is 0.347 e. The molecular formula is C23H19N4O2S+. The van der Waals surface area contributed by atoms with Crippen LogP contribution in [0.5, 0.6) is 5.75 Å². The molecule has 2 aromatic carbocycles. The highest BCUT2D eigenvalue weighted by Gasteiger charge is 2.39. The van der Waals surface area contributed by atoms with E-state index < -0.39 is 0 Å². The highest BCUT2D eigenvalue weighted by atomic mass is 32.2. The van der Waals surface area contributed by atoms with Gasteiger partial charge in [-0.3, -0.25) is 0 Å². The highest BCUT2D eigenvalue weighted by Crippen LogP contribution is 2.38. The Bertz CT molecular complexity index is 1290. The molecule has 0 amide bonds. The number of thioether (sulfide) groups is 1. The van der Waals surface area contributed by atoms with Crippen LogP contribution in [-0.2, 0) is 7.05 Å². The molecule has 1 aliphatic heterocycles. The Kier molecular flexibility index (Phi) is 4.59. The van der Waals surface area contributed by atoms with Gasteiger partial charge in [0.1, 0.15) is 23.7 Å². The van der Waals surface area contributed by atoms with Crippen LogP contribution in [0.4, 0.5) is 0 Å². The third-order valence-corrected chi connectivity index (χ3v) is 6.58. The number of benzene rings is 2. The van der Waals surface area contributed by atoms with Crippen LogP contribution in [0.3, 0.4) is 0 Å². The smallest absolute Gasteiger partial charge is 0.347 e. The molecule has 3 heterocycles. The van der Waals surface area contributed by atoms with E-state index in [0.29, 0.717) is 16.8 Å². The molecule has 1 atom stereocenters. The van der Waals surface area contributed by atoms with Crippen molar-refractivity contribution in [3.8, 4) is 28.1 Å². The molecule has 0 aliphatic carbocycles. The van der Waals surface area contributed by atoms with Crippen LogP contribution >= 0.6 is 11.8 Å². The van der Waals surface area contributed by atoms with E-state index in [0.717, 1.165) is 22.0 Å². The monoisotopic (exact) mass is 415 g/mol. The average Bonchev–Trinajstić information content (AvgIpc) is 3.24. The molecule has 4 aromatic rings. The molecule has 0 bridgehead atoms. The number of hydrogen-bond acceptors (Lipinski definition) is 5. The van der Waals surface area contributed by atoms with Crippen molar-refractivity contribution in [3.05, 3.63) is 89.2 Å². The molecule has 0 fully saturated rings. The number of rotatable bonds is 3. The Morgan fingerprint density at radius 3 is 2.50 bits per heavy atom. The van der Waals surface area contributed by atoms with Gasteiger partial charge in [-0.15, -0.1) is 0 Å². The third kappa shape index (κ3) is 2.90. The van der Waals surface area contributed by atoms with Crippen LogP contribution in [0, 0.1) is 0 Å². The number of hydrogen-bond donors (Lipinski definition) is 1. The number of aromatic nitrogens is 4. The topological polar surface area (TPSA) is 71.9 Å². The predicted octanol–water partition coefficient (Wildman–Crippen LogP) is 3.20. The first-order valence-electron chi connectivity index (χ1n) is 9.57. The summed E-state index contributed by atoms with van der Waals surface area (Å²) in [6.07, 6.45) is 5.02. The number of phenolic OH excluding ortho intramolecular Hbond substituents is 1. The zero-order chi connectivity index (χ0) is 20.7. The molecule has 7 heteroatoms. The van der Waals surface area contributed by atoms with Gasteiger partial charge in [0.15, 0.2) is 5.69 Å². The number of para-hydroxylation sites is 1. The van der Waals surface area contributed by atoms with Crippen LogP contribution < -0.4 is 10.1 Å². The number of fused-ring (bicyclic) bond motifs is 1. The first kappa shape index (κ1) is 18.6. The molecule has 6 nitrogen and oxygen atoms in total. The van der Waals surface area contributed by atoms with Gasteiger partial charge in [0.05, 0.1) is 18.4 Å². The normalized spacial score (nSPS) is 15.2. The van der Waals surface area contributed by atoms with Gasteiger partial charge in [0, 0.05) is 18.0 Å². The van der Waals surface area contributed by atoms with Crippen molar-refractivity contribution in [1.82, 2.24) is 14.5 Å². The zero-order valence-electron chi connectivity index (χ0n) is 16.3. The van der Waals surface area contributed by atoms with Gasteiger partial charge in [-0.05, 0) is 29.5 Å². The molecule has 0 spiro atoms. The fraction of sp³-hybridized carbons (Fsp3) is 0.130. The summed E-state index contributed by atoms with van der Waals surface area (Å²) in [5.41, 5.74) is 3.52. The van der Waals surface area contributed by atoms with E-state index in [1.165, 1.54) is 6.33 Å². The lowest BCUT2D eigenvalue weighted by molar-refractivity contribution is -0.704. The van der Waals surface area contributed by atoms with Gasteiger partial charge < -0.3 is 5.11 Å². The van der Waals surface area contributed by atoms with E-state index in [9.17, 15) is 9.90 Å². The predicted molar refractivity (Wildman–Crippen MR) is 115 cm³/mol. The Morgan fingerprint density at radius 1 is 1.07 bits per heavy atom. The van der Waals surface area contributed by atoms with Gasteiger partial charge >= 0.3 is 10.7 Å². The maximum atomic E-state index is 13.9. The molecule has 2 aromatic heterocycles. The maximum absolute atomic E-state index is 13.9. The summed E-state index contributed by atoms with van der Waals surface area (Å²) in [5.74, 6) is 0.861. The van der Waals surface area contributed by atoms with Crippen LogP contribution in [0.15, 0.2) is 83.3 Å². The van der Waals surface area contributed by atoms with Gasteiger partial charge in [-0.25, -0.2) is 19.3 Å². The molecule has 0 unspecified atom stereocenters. The molecule has 1 N–H and O–H groups in total. The highest BCUT2D eigenvalue weighted by molar-refractivity contribution is 7.99. The molecule has 0 radical (unpaired) electrons. The summed E-state index contributed by atoms with van der Waals surface area (Å²) in [5, 5.41) is 11.4. The van der Waals surface area contributed by atoms with Crippen LogP contribution in [0.25, 0.3) is 22.4 Å². The van der Waals surface area contributed by atoms with E-state index in [4.69, 9.17) is 0 Å². The van der Waals surface area contributed by atoms with E-state index in [1.54, 1.807) is 36.3 Å². The summed E-state index contributed by atoms with van der Waals surface area (Å²) < 4.78 is 3.84. The SMILES string of the molecule is C[n+]1c(-c2ccccc2O)c(-c2ccccc2)c(=O)n2c1SC[C@@H]2c1cncnc1. The van der Waals surface area contributed by atoms with E-state index in [2.05, 4.69) is 9.97 Å². The number of aromatic hydroxyl groups is 1. The Labute approximate surface area is 177 Å². The van der Waals surface area contributed by atoms with Gasteiger partial charge in [0.25, 0.3) is 0 Å². The average molecular weight is 415 g/mol. The molecule has 0 saturated carbocycles. The van der Waals surface area contributed by atoms with Crippen LogP contribution in [0.1, 0.15) is 11.6 Å². The third-order valence-electron chi connectivity index (χ3n) is 5.37. The van der Waals surface area contributed by atoms with Crippen LogP contribution in [-0.4, -0.2) is 25.4 Å². The Hall–Kier alpha value is -3.45. The van der Waals surface area contributed by atoms with Gasteiger partial charge in [0.2, 0.25) is 0 Å². The molecule has 30 heavy (non-hydrogen) atoms. The van der Waals surface area contributed by atoms with Crippen molar-refractivity contribution in [3.63, 3.8) is 0 Å². The van der Waals surface area contributed by atoms with Gasteiger partial charge in [-0.1, -0.05) is 42.5 Å². The van der Waals surface area contributed by atoms with Crippen molar-refractivity contribution in [2.45, 2.75) is 11.2 Å². The number of nitrogens with zero attached hydrogens (tertiary/aromatic N) is 4. The summed E-state index contributed by atoms with van der Waals surface area (Å²) in [6.45, 7) is 0. The van der Waals surface area contributed by atoms with Crippen molar-refractivity contribution in [2.24, 2.45) is 7.05 Å². The second kappa shape index (κ2) is 7.42. The quantitative estimate of drug-likeness (QED) is 0.411. The molecular weight excluding hydrogens is 396 g/mol. The fourth-order valence-electron chi connectivity index (χ4n) is 3.99. The minimum atomic E-state index is -0.147. The Morgan fingerprint density at radius 2 is 1.77 bits per heavy atom. The molecule has 1 aliphatic rings. The second-order valence-corrected chi connectivity index (χ2v) is 8.11. The molecule has 148 valence electrons. The lowest BCUT2D eigenvalue weighted by Gasteiger charge is -2.15. The summed E-state index contributed by atoms with van der Waals surface area (Å²) in [7, 11) is 1.94. The van der Waals surface area contributed by atoms with Crippen molar-refractivity contribution in [1.29, 1.82) is 0 Å². The van der Waals surface area contributed by atoms with E-state index >= 15 is 0 Å². The first-order valence-corrected chi connectivity index (χ1v) is 10.6. The first-order chi connectivity index (χ1) is 14.7. The van der Waals surface area contributed by atoms with E-state index in [-0.39, 0.29) is 17.4 Å². The molecule has 0 saturated heterocycles. The van der Waals surface area contributed by atoms with Crippen molar-refractivity contribution in [2.75, 3.05) is 5.75 Å². The standard InChI is InChI=1S/C23H18N4O2S/c1-26-21(17-9-5-6-10-19(17)28)20(15-7-3-2-4-8-15)22(29)27-18(13-30-23(26)27)16-11-24-14-25-12-16/h2-12,14,18H,13H2,1H3/p+1/t18-/m1/s1. The largest absolute Gasteiger partial charge is 0.507 e. The fourth-order valence-corrected chi connectivity index (χ4v) is 5.27. The minimum absolute atomic E-state index is 0.0913. The number of phenols is 1. The lowest BCUT2D eigenvalue weighted by Crippen LogP contribution is -2.43. The lowest BCUT2D eigenvalue weighted by atomic mass is 9.99.